The number of amides is 1. The predicted molar refractivity (Wildman–Crippen MR) is 93.6 cm³/mol. The minimum atomic E-state index is -0.0769. The summed E-state index contributed by atoms with van der Waals surface area (Å²) >= 11 is 1.54. The normalized spacial score (nSPS) is 13.9. The van der Waals surface area contributed by atoms with Gasteiger partial charge in [0.15, 0.2) is 0 Å². The second-order valence-corrected chi connectivity index (χ2v) is 7.00. The average Bonchev–Trinajstić information content (AvgIpc) is 3.12. The number of carbonyl (C=O) groups is 1. The summed E-state index contributed by atoms with van der Waals surface area (Å²) in [4.78, 5) is 16.8. The fourth-order valence-corrected chi connectivity index (χ4v) is 3.42. The molecule has 1 fully saturated rings. The molecule has 4 rings (SSSR count). The van der Waals surface area contributed by atoms with Crippen molar-refractivity contribution in [3.63, 3.8) is 0 Å². The van der Waals surface area contributed by atoms with Crippen LogP contribution < -0.4 is 5.32 Å². The van der Waals surface area contributed by atoms with Crippen LogP contribution in [0.1, 0.15) is 45.4 Å². The number of hydrogen-bond acceptors (Lipinski definition) is 4. The molecule has 24 heavy (non-hydrogen) atoms. The van der Waals surface area contributed by atoms with E-state index in [0.29, 0.717) is 18.0 Å². The van der Waals surface area contributed by atoms with Gasteiger partial charge in [-0.1, -0.05) is 18.2 Å². The molecular formula is C18H18N4OS. The minimum absolute atomic E-state index is 0.0769. The van der Waals surface area contributed by atoms with Crippen molar-refractivity contribution in [3.05, 3.63) is 63.9 Å². The van der Waals surface area contributed by atoms with Crippen LogP contribution in [0.3, 0.4) is 0 Å². The third-order valence-corrected chi connectivity index (χ3v) is 5.02. The highest BCUT2D eigenvalue weighted by Crippen LogP contribution is 2.42. The Bertz CT molecular complexity index is 865. The minimum Gasteiger partial charge on any atom is -0.345 e. The van der Waals surface area contributed by atoms with E-state index in [1.807, 2.05) is 28.3 Å². The van der Waals surface area contributed by atoms with Crippen molar-refractivity contribution in [2.24, 2.45) is 0 Å². The van der Waals surface area contributed by atoms with Crippen molar-refractivity contribution in [1.82, 2.24) is 20.1 Å². The van der Waals surface area contributed by atoms with Gasteiger partial charge in [0, 0.05) is 17.5 Å². The van der Waals surface area contributed by atoms with Crippen LogP contribution in [0.2, 0.25) is 0 Å². The largest absolute Gasteiger partial charge is 0.345 e. The SMILES string of the molecule is Cc1ccccc1-n1ncc(C(=O)NCc2nccs2)c1C1CC1. The summed E-state index contributed by atoms with van der Waals surface area (Å²) in [5, 5.41) is 10.3. The highest BCUT2D eigenvalue weighted by Gasteiger charge is 2.33. The lowest BCUT2D eigenvalue weighted by atomic mass is 10.1. The van der Waals surface area contributed by atoms with Gasteiger partial charge < -0.3 is 5.32 Å². The first-order valence-corrected chi connectivity index (χ1v) is 8.92. The highest BCUT2D eigenvalue weighted by atomic mass is 32.1. The van der Waals surface area contributed by atoms with Gasteiger partial charge in [0.25, 0.3) is 5.91 Å². The lowest BCUT2D eigenvalue weighted by Crippen LogP contribution is -2.23. The Morgan fingerprint density at radius 2 is 2.21 bits per heavy atom. The second-order valence-electron chi connectivity index (χ2n) is 6.02. The molecule has 0 unspecified atom stereocenters. The van der Waals surface area contributed by atoms with E-state index in [4.69, 9.17) is 0 Å². The van der Waals surface area contributed by atoms with Gasteiger partial charge in [-0.3, -0.25) is 4.79 Å². The Morgan fingerprint density at radius 3 is 2.92 bits per heavy atom. The molecule has 0 spiro atoms. The fourth-order valence-electron chi connectivity index (χ4n) is 2.87. The van der Waals surface area contributed by atoms with Crippen molar-refractivity contribution >= 4 is 17.2 Å². The molecule has 1 aliphatic rings. The zero-order chi connectivity index (χ0) is 16.5. The van der Waals surface area contributed by atoms with Crippen molar-refractivity contribution < 1.29 is 4.79 Å². The monoisotopic (exact) mass is 338 g/mol. The van der Waals surface area contributed by atoms with E-state index >= 15 is 0 Å². The van der Waals surface area contributed by atoms with E-state index in [9.17, 15) is 4.79 Å². The standard InChI is InChI=1S/C18H18N4OS/c1-12-4-2-3-5-15(12)22-17(13-6-7-13)14(10-21-22)18(23)20-11-16-19-8-9-24-16/h2-5,8-10,13H,6-7,11H2,1H3,(H,20,23). The van der Waals surface area contributed by atoms with Crippen LogP contribution in [0.5, 0.6) is 0 Å². The first kappa shape index (κ1) is 15.1. The molecule has 1 aromatic carbocycles. The Hall–Kier alpha value is -2.47. The average molecular weight is 338 g/mol. The maximum atomic E-state index is 12.6. The van der Waals surface area contributed by atoms with Gasteiger partial charge >= 0.3 is 0 Å². The van der Waals surface area contributed by atoms with E-state index < -0.39 is 0 Å². The zero-order valence-electron chi connectivity index (χ0n) is 13.4. The number of para-hydroxylation sites is 1. The Labute approximate surface area is 144 Å². The van der Waals surface area contributed by atoms with Crippen LogP contribution in [0, 0.1) is 6.92 Å². The molecular weight excluding hydrogens is 320 g/mol. The van der Waals surface area contributed by atoms with Gasteiger partial charge in [-0.2, -0.15) is 5.10 Å². The maximum absolute atomic E-state index is 12.6. The van der Waals surface area contributed by atoms with E-state index in [1.165, 1.54) is 0 Å². The van der Waals surface area contributed by atoms with Crippen LogP contribution in [0.15, 0.2) is 42.0 Å². The van der Waals surface area contributed by atoms with Crippen molar-refractivity contribution in [2.75, 3.05) is 0 Å². The summed E-state index contributed by atoms with van der Waals surface area (Å²) in [7, 11) is 0. The maximum Gasteiger partial charge on any atom is 0.255 e. The fraction of sp³-hybridized carbons (Fsp3) is 0.278. The molecule has 0 aliphatic heterocycles. The van der Waals surface area contributed by atoms with Gasteiger partial charge in [0.2, 0.25) is 0 Å². The number of carbonyl (C=O) groups excluding carboxylic acids is 1. The lowest BCUT2D eigenvalue weighted by Gasteiger charge is -2.11. The number of hydrogen-bond donors (Lipinski definition) is 1. The Kier molecular flexibility index (Phi) is 3.90. The van der Waals surface area contributed by atoms with Gasteiger partial charge in [0.1, 0.15) is 5.01 Å². The first-order valence-electron chi connectivity index (χ1n) is 8.04. The van der Waals surface area contributed by atoms with Crippen molar-refractivity contribution in [3.8, 4) is 5.69 Å². The smallest absolute Gasteiger partial charge is 0.255 e. The summed E-state index contributed by atoms with van der Waals surface area (Å²) < 4.78 is 1.94. The van der Waals surface area contributed by atoms with Gasteiger partial charge in [-0.25, -0.2) is 9.67 Å². The van der Waals surface area contributed by atoms with E-state index in [2.05, 4.69) is 28.4 Å². The number of aryl methyl sites for hydroxylation is 1. The number of nitrogens with one attached hydrogen (secondary N) is 1. The van der Waals surface area contributed by atoms with Gasteiger partial charge in [0.05, 0.1) is 29.7 Å². The number of nitrogens with zero attached hydrogens (tertiary/aromatic N) is 3. The summed E-state index contributed by atoms with van der Waals surface area (Å²) in [6, 6.07) is 8.13. The molecule has 0 radical (unpaired) electrons. The van der Waals surface area contributed by atoms with Gasteiger partial charge in [-0.05, 0) is 31.4 Å². The summed E-state index contributed by atoms with van der Waals surface area (Å²) in [5.41, 5.74) is 3.90. The van der Waals surface area contributed by atoms with Gasteiger partial charge in [-0.15, -0.1) is 11.3 Å². The molecule has 1 N–H and O–H groups in total. The van der Waals surface area contributed by atoms with Crippen LogP contribution in [0.4, 0.5) is 0 Å². The van der Waals surface area contributed by atoms with Crippen LogP contribution in [-0.4, -0.2) is 20.7 Å². The summed E-state index contributed by atoms with van der Waals surface area (Å²) in [6.45, 7) is 2.52. The predicted octanol–water partition coefficient (Wildman–Crippen LogP) is 3.44. The molecule has 1 amide bonds. The molecule has 0 bridgehead atoms. The lowest BCUT2D eigenvalue weighted by molar-refractivity contribution is 0.0950. The van der Waals surface area contributed by atoms with Crippen LogP contribution in [-0.2, 0) is 6.54 Å². The zero-order valence-corrected chi connectivity index (χ0v) is 14.2. The Morgan fingerprint density at radius 1 is 1.38 bits per heavy atom. The van der Waals surface area contributed by atoms with E-state index in [0.717, 1.165) is 34.8 Å². The number of aromatic nitrogens is 3. The molecule has 0 saturated heterocycles. The number of thiazole rings is 1. The summed E-state index contributed by atoms with van der Waals surface area (Å²) in [5.74, 6) is 0.347. The molecule has 3 aromatic rings. The quantitative estimate of drug-likeness (QED) is 0.775. The van der Waals surface area contributed by atoms with E-state index in [1.54, 1.807) is 23.7 Å². The molecule has 5 nitrogen and oxygen atoms in total. The summed E-state index contributed by atoms with van der Waals surface area (Å²) in [6.07, 6.45) is 5.67. The molecule has 2 heterocycles. The molecule has 1 saturated carbocycles. The third-order valence-electron chi connectivity index (χ3n) is 4.24. The third kappa shape index (κ3) is 2.85. The number of benzene rings is 1. The molecule has 0 atom stereocenters. The Balaban J connectivity index is 1.64. The molecule has 122 valence electrons. The molecule has 6 heteroatoms. The highest BCUT2D eigenvalue weighted by molar-refractivity contribution is 7.09. The van der Waals surface area contributed by atoms with Crippen molar-refractivity contribution in [1.29, 1.82) is 0 Å². The van der Waals surface area contributed by atoms with Crippen LogP contribution in [0.25, 0.3) is 5.69 Å². The number of rotatable bonds is 5. The first-order chi connectivity index (χ1) is 11.7. The van der Waals surface area contributed by atoms with Crippen LogP contribution >= 0.6 is 11.3 Å². The molecule has 1 aliphatic carbocycles. The molecule has 2 aromatic heterocycles. The van der Waals surface area contributed by atoms with E-state index in [-0.39, 0.29) is 5.91 Å². The second kappa shape index (κ2) is 6.20. The topological polar surface area (TPSA) is 59.8 Å². The van der Waals surface area contributed by atoms with Crippen molar-refractivity contribution in [2.45, 2.75) is 32.2 Å².